The zero-order valence-corrected chi connectivity index (χ0v) is 19.1. The molecule has 0 bridgehead atoms. The molecule has 0 aliphatic carbocycles. The molecule has 0 aliphatic heterocycles. The molecule has 0 saturated heterocycles. The van der Waals surface area contributed by atoms with E-state index in [0.29, 0.717) is 53.1 Å². The maximum atomic E-state index is 12.9. The maximum Gasteiger partial charge on any atom is 0.254 e. The molecule has 3 heterocycles. The van der Waals surface area contributed by atoms with Gasteiger partial charge < -0.3 is 23.9 Å². The average Bonchev–Trinajstić information content (AvgIpc) is 3.55. The summed E-state index contributed by atoms with van der Waals surface area (Å²) in [6.07, 6.45) is 5.30. The number of ether oxygens (including phenoxy) is 3. The number of aromatic nitrogens is 4. The number of carbonyl (C=O) groups excluding carboxylic acids is 1. The SMILES string of the molecule is COCc1c(C(=O)NCCc2ccc(OC)c(OC)c2)cnn1-c1nccc(-c2ccco2)n1. The Hall–Kier alpha value is -4.18. The van der Waals surface area contributed by atoms with Gasteiger partial charge in [0.1, 0.15) is 5.69 Å². The van der Waals surface area contributed by atoms with Crippen LogP contribution in [0.5, 0.6) is 11.5 Å². The normalized spacial score (nSPS) is 10.8. The number of nitrogens with zero attached hydrogens (tertiary/aromatic N) is 4. The van der Waals surface area contributed by atoms with Crippen LogP contribution >= 0.6 is 0 Å². The number of furan rings is 1. The Morgan fingerprint density at radius 2 is 1.97 bits per heavy atom. The molecule has 4 rings (SSSR count). The van der Waals surface area contributed by atoms with E-state index in [0.717, 1.165) is 5.56 Å². The molecule has 0 spiro atoms. The second-order valence-electron chi connectivity index (χ2n) is 7.26. The van der Waals surface area contributed by atoms with E-state index < -0.39 is 0 Å². The molecule has 1 N–H and O–H groups in total. The van der Waals surface area contributed by atoms with Crippen LogP contribution in [0, 0.1) is 0 Å². The van der Waals surface area contributed by atoms with Crippen LogP contribution in [0.15, 0.2) is 59.5 Å². The first-order valence-electron chi connectivity index (χ1n) is 10.6. The lowest BCUT2D eigenvalue weighted by atomic mass is 10.1. The summed E-state index contributed by atoms with van der Waals surface area (Å²) >= 11 is 0. The van der Waals surface area contributed by atoms with E-state index in [1.54, 1.807) is 45.9 Å². The number of hydrogen-bond donors (Lipinski definition) is 1. The minimum atomic E-state index is -0.263. The monoisotopic (exact) mass is 463 g/mol. The Morgan fingerprint density at radius 1 is 1.12 bits per heavy atom. The molecule has 3 aromatic heterocycles. The molecule has 0 saturated carbocycles. The maximum absolute atomic E-state index is 12.9. The molecule has 1 amide bonds. The Balaban J connectivity index is 1.49. The molecule has 176 valence electrons. The Kier molecular flexibility index (Phi) is 7.19. The lowest BCUT2D eigenvalue weighted by Gasteiger charge is -2.11. The van der Waals surface area contributed by atoms with Gasteiger partial charge in [0, 0.05) is 19.9 Å². The van der Waals surface area contributed by atoms with Crippen LogP contribution in [-0.2, 0) is 17.8 Å². The standard InChI is InChI=1S/C24H25N5O5/c1-31-15-19-17(23(30)25-10-8-16-6-7-21(32-2)22(13-16)33-3)14-27-29(19)24-26-11-9-18(28-24)20-5-4-12-34-20/h4-7,9,11-14H,8,10,15H2,1-3H3,(H,25,30). The first-order valence-corrected chi connectivity index (χ1v) is 10.6. The van der Waals surface area contributed by atoms with Crippen molar-refractivity contribution < 1.29 is 23.4 Å². The molecular weight excluding hydrogens is 438 g/mol. The highest BCUT2D eigenvalue weighted by atomic mass is 16.5. The first-order chi connectivity index (χ1) is 16.6. The van der Waals surface area contributed by atoms with Gasteiger partial charge in [0.15, 0.2) is 17.3 Å². The fourth-order valence-corrected chi connectivity index (χ4v) is 3.48. The van der Waals surface area contributed by atoms with E-state index in [1.165, 1.54) is 10.9 Å². The summed E-state index contributed by atoms with van der Waals surface area (Å²) in [4.78, 5) is 21.8. The molecular formula is C24H25N5O5. The molecule has 10 nitrogen and oxygen atoms in total. The molecule has 0 radical (unpaired) electrons. The third-order valence-corrected chi connectivity index (χ3v) is 5.15. The molecule has 0 aliphatic rings. The van der Waals surface area contributed by atoms with Gasteiger partial charge in [0.05, 0.1) is 44.5 Å². The predicted molar refractivity (Wildman–Crippen MR) is 123 cm³/mol. The number of nitrogens with one attached hydrogen (secondary N) is 1. The van der Waals surface area contributed by atoms with Crippen LogP contribution < -0.4 is 14.8 Å². The average molecular weight is 463 g/mol. The minimum Gasteiger partial charge on any atom is -0.493 e. The smallest absolute Gasteiger partial charge is 0.254 e. The minimum absolute atomic E-state index is 0.159. The molecule has 0 fully saturated rings. The van der Waals surface area contributed by atoms with Gasteiger partial charge in [-0.15, -0.1) is 0 Å². The number of methoxy groups -OCH3 is 3. The second-order valence-corrected chi connectivity index (χ2v) is 7.26. The van der Waals surface area contributed by atoms with Crippen molar-refractivity contribution in [2.24, 2.45) is 0 Å². The Morgan fingerprint density at radius 3 is 2.71 bits per heavy atom. The van der Waals surface area contributed by atoms with Crippen LogP contribution in [0.1, 0.15) is 21.6 Å². The van der Waals surface area contributed by atoms with Crippen molar-refractivity contribution in [3.05, 3.63) is 71.9 Å². The van der Waals surface area contributed by atoms with Crippen molar-refractivity contribution in [2.45, 2.75) is 13.0 Å². The highest BCUT2D eigenvalue weighted by Gasteiger charge is 2.20. The van der Waals surface area contributed by atoms with Gasteiger partial charge in [-0.25, -0.2) is 9.97 Å². The summed E-state index contributed by atoms with van der Waals surface area (Å²) in [6.45, 7) is 0.586. The van der Waals surface area contributed by atoms with E-state index in [2.05, 4.69) is 20.4 Å². The van der Waals surface area contributed by atoms with E-state index in [9.17, 15) is 4.79 Å². The number of benzene rings is 1. The molecule has 0 unspecified atom stereocenters. The third kappa shape index (κ3) is 4.91. The van der Waals surface area contributed by atoms with Crippen molar-refractivity contribution >= 4 is 5.91 Å². The summed E-state index contributed by atoms with van der Waals surface area (Å²) in [6, 6.07) is 11.0. The summed E-state index contributed by atoms with van der Waals surface area (Å²) in [5, 5.41) is 7.28. The van der Waals surface area contributed by atoms with Crippen molar-refractivity contribution in [1.29, 1.82) is 0 Å². The zero-order valence-electron chi connectivity index (χ0n) is 19.1. The van der Waals surface area contributed by atoms with Gasteiger partial charge in [0.2, 0.25) is 0 Å². The highest BCUT2D eigenvalue weighted by Crippen LogP contribution is 2.27. The number of hydrogen-bond acceptors (Lipinski definition) is 8. The van der Waals surface area contributed by atoms with Gasteiger partial charge in [-0.3, -0.25) is 4.79 Å². The Labute approximate surface area is 196 Å². The first kappa shape index (κ1) is 23.0. The van der Waals surface area contributed by atoms with E-state index in [4.69, 9.17) is 18.6 Å². The van der Waals surface area contributed by atoms with Crippen LogP contribution in [-0.4, -0.2) is 53.5 Å². The van der Waals surface area contributed by atoms with E-state index >= 15 is 0 Å². The summed E-state index contributed by atoms with van der Waals surface area (Å²) in [5.41, 5.74) is 2.55. The summed E-state index contributed by atoms with van der Waals surface area (Å²) in [5.74, 6) is 1.96. The molecule has 10 heteroatoms. The van der Waals surface area contributed by atoms with E-state index in [1.807, 2.05) is 24.3 Å². The van der Waals surface area contributed by atoms with Crippen LogP contribution in [0.25, 0.3) is 17.4 Å². The molecule has 4 aromatic rings. The number of rotatable bonds is 10. The lowest BCUT2D eigenvalue weighted by Crippen LogP contribution is -2.26. The topological polar surface area (TPSA) is 114 Å². The summed E-state index contributed by atoms with van der Waals surface area (Å²) in [7, 11) is 4.73. The van der Waals surface area contributed by atoms with Crippen LogP contribution in [0.3, 0.4) is 0 Å². The highest BCUT2D eigenvalue weighted by molar-refractivity contribution is 5.95. The predicted octanol–water partition coefficient (Wildman–Crippen LogP) is 3.06. The molecule has 1 aromatic carbocycles. The molecule has 34 heavy (non-hydrogen) atoms. The largest absolute Gasteiger partial charge is 0.493 e. The van der Waals surface area contributed by atoms with Gasteiger partial charge in [0.25, 0.3) is 11.9 Å². The van der Waals surface area contributed by atoms with Crippen molar-refractivity contribution in [1.82, 2.24) is 25.1 Å². The number of carbonyl (C=O) groups is 1. The fourth-order valence-electron chi connectivity index (χ4n) is 3.48. The fraction of sp³-hybridized carbons (Fsp3) is 0.250. The van der Waals surface area contributed by atoms with Gasteiger partial charge in [-0.1, -0.05) is 6.07 Å². The van der Waals surface area contributed by atoms with Gasteiger partial charge >= 0.3 is 0 Å². The van der Waals surface area contributed by atoms with E-state index in [-0.39, 0.29) is 12.5 Å². The Bertz CT molecular complexity index is 1250. The van der Waals surface area contributed by atoms with Crippen molar-refractivity contribution in [3.8, 4) is 28.9 Å². The molecule has 0 atom stereocenters. The second kappa shape index (κ2) is 10.6. The van der Waals surface area contributed by atoms with Gasteiger partial charge in [-0.05, 0) is 42.3 Å². The number of amides is 1. The summed E-state index contributed by atoms with van der Waals surface area (Å²) < 4.78 is 22.8. The zero-order chi connectivity index (χ0) is 23.9. The van der Waals surface area contributed by atoms with Crippen LogP contribution in [0.4, 0.5) is 0 Å². The van der Waals surface area contributed by atoms with Gasteiger partial charge in [-0.2, -0.15) is 9.78 Å². The van der Waals surface area contributed by atoms with Crippen molar-refractivity contribution in [3.63, 3.8) is 0 Å². The van der Waals surface area contributed by atoms with Crippen LogP contribution in [0.2, 0.25) is 0 Å². The quantitative estimate of drug-likeness (QED) is 0.382. The van der Waals surface area contributed by atoms with Crippen molar-refractivity contribution in [2.75, 3.05) is 27.9 Å². The third-order valence-electron chi connectivity index (χ3n) is 5.15. The lowest BCUT2D eigenvalue weighted by molar-refractivity contribution is 0.0948.